The van der Waals surface area contributed by atoms with E-state index in [1.54, 1.807) is 12.1 Å². The molecule has 130 valence electrons. The molecule has 26 heavy (non-hydrogen) atoms. The quantitative estimate of drug-likeness (QED) is 0.582. The molecule has 1 aliphatic heterocycles. The van der Waals surface area contributed by atoms with Gasteiger partial charge in [0.25, 0.3) is 0 Å². The molecule has 0 unspecified atom stereocenters. The number of fused-ring (bicyclic) bond motifs is 3. The van der Waals surface area contributed by atoms with E-state index in [1.807, 2.05) is 6.20 Å². The molecule has 0 spiro atoms. The summed E-state index contributed by atoms with van der Waals surface area (Å²) in [5.41, 5.74) is 7.04. The van der Waals surface area contributed by atoms with E-state index in [0.29, 0.717) is 0 Å². The van der Waals surface area contributed by atoms with E-state index in [1.165, 1.54) is 34.3 Å². The highest BCUT2D eigenvalue weighted by atomic mass is 19.1. The number of H-pyrrole nitrogens is 2. The largest absolute Gasteiger partial charge is 0.358 e. The summed E-state index contributed by atoms with van der Waals surface area (Å²) in [7, 11) is 0. The van der Waals surface area contributed by atoms with Crippen LogP contribution >= 0.6 is 0 Å². The molecule has 2 aromatic carbocycles. The lowest BCUT2D eigenvalue weighted by Gasteiger charge is -2.27. The zero-order valence-electron chi connectivity index (χ0n) is 14.3. The van der Waals surface area contributed by atoms with Crippen molar-refractivity contribution in [2.75, 3.05) is 6.54 Å². The molecular formula is C21H19FN4. The van der Waals surface area contributed by atoms with Gasteiger partial charge in [-0.2, -0.15) is 5.10 Å². The Morgan fingerprint density at radius 3 is 2.81 bits per heavy atom. The maximum atomic E-state index is 13.2. The molecule has 4 nitrogen and oxygen atoms in total. The summed E-state index contributed by atoms with van der Waals surface area (Å²) < 4.78 is 13.2. The van der Waals surface area contributed by atoms with E-state index in [4.69, 9.17) is 0 Å². The molecule has 0 saturated heterocycles. The van der Waals surface area contributed by atoms with Gasteiger partial charge in [0.1, 0.15) is 5.82 Å². The molecule has 0 radical (unpaired) electrons. The first kappa shape index (κ1) is 15.3. The topological polar surface area (TPSA) is 47.7 Å². The van der Waals surface area contributed by atoms with Crippen molar-refractivity contribution in [3.05, 3.63) is 77.4 Å². The van der Waals surface area contributed by atoms with Crippen LogP contribution in [0.2, 0.25) is 0 Å². The maximum absolute atomic E-state index is 13.2. The predicted molar refractivity (Wildman–Crippen MR) is 100 cm³/mol. The molecule has 0 amide bonds. The van der Waals surface area contributed by atoms with Gasteiger partial charge in [0.05, 0.1) is 11.9 Å². The van der Waals surface area contributed by atoms with Crippen LogP contribution in [0.1, 0.15) is 16.8 Å². The Bertz CT molecular complexity index is 1060. The number of nitrogens with one attached hydrogen (secondary N) is 2. The van der Waals surface area contributed by atoms with Crippen LogP contribution in [0.5, 0.6) is 0 Å². The van der Waals surface area contributed by atoms with Crippen molar-refractivity contribution in [2.24, 2.45) is 0 Å². The summed E-state index contributed by atoms with van der Waals surface area (Å²) in [4.78, 5) is 6.00. The second-order valence-corrected chi connectivity index (χ2v) is 6.87. The zero-order chi connectivity index (χ0) is 17.5. The van der Waals surface area contributed by atoms with Crippen LogP contribution in [0.25, 0.3) is 22.2 Å². The lowest BCUT2D eigenvalue weighted by atomic mass is 10.0. The van der Waals surface area contributed by atoms with E-state index < -0.39 is 0 Å². The van der Waals surface area contributed by atoms with Crippen molar-refractivity contribution in [3.8, 4) is 11.3 Å². The minimum atomic E-state index is -0.224. The van der Waals surface area contributed by atoms with Crippen molar-refractivity contribution in [1.29, 1.82) is 0 Å². The first-order chi connectivity index (χ1) is 12.8. The number of hydrogen-bond acceptors (Lipinski definition) is 2. The van der Waals surface area contributed by atoms with Crippen molar-refractivity contribution in [3.63, 3.8) is 0 Å². The van der Waals surface area contributed by atoms with Gasteiger partial charge >= 0.3 is 0 Å². The van der Waals surface area contributed by atoms with Gasteiger partial charge in [-0.25, -0.2) is 4.39 Å². The minimum Gasteiger partial charge on any atom is -0.358 e. The molecule has 2 aromatic heterocycles. The van der Waals surface area contributed by atoms with Crippen LogP contribution in [0, 0.1) is 5.82 Å². The summed E-state index contributed by atoms with van der Waals surface area (Å²) in [6.07, 6.45) is 2.90. The fourth-order valence-corrected chi connectivity index (χ4v) is 3.90. The smallest absolute Gasteiger partial charge is 0.123 e. The monoisotopic (exact) mass is 346 g/mol. The van der Waals surface area contributed by atoms with Crippen LogP contribution in [0.3, 0.4) is 0 Å². The SMILES string of the molecule is Fc1ccc(-c2[nH]ncc2CN2CCc3[nH]c4ccccc4c3C2)cc1. The molecule has 0 atom stereocenters. The zero-order valence-corrected chi connectivity index (χ0v) is 14.3. The van der Waals surface area contributed by atoms with Crippen molar-refractivity contribution < 1.29 is 4.39 Å². The summed E-state index contributed by atoms with van der Waals surface area (Å²) >= 11 is 0. The number of benzene rings is 2. The van der Waals surface area contributed by atoms with E-state index in [-0.39, 0.29) is 5.82 Å². The molecule has 0 saturated carbocycles. The van der Waals surface area contributed by atoms with Gasteiger partial charge in [0.15, 0.2) is 0 Å². The molecule has 4 aromatic rings. The molecule has 1 aliphatic rings. The van der Waals surface area contributed by atoms with E-state index in [0.717, 1.165) is 42.9 Å². The van der Waals surface area contributed by atoms with Gasteiger partial charge in [0.2, 0.25) is 0 Å². The Morgan fingerprint density at radius 2 is 1.92 bits per heavy atom. The van der Waals surface area contributed by atoms with Crippen molar-refractivity contribution in [2.45, 2.75) is 19.5 Å². The maximum Gasteiger partial charge on any atom is 0.123 e. The van der Waals surface area contributed by atoms with Gasteiger partial charge in [0, 0.05) is 53.8 Å². The number of para-hydroxylation sites is 1. The van der Waals surface area contributed by atoms with Crippen molar-refractivity contribution in [1.82, 2.24) is 20.1 Å². The lowest BCUT2D eigenvalue weighted by molar-refractivity contribution is 0.246. The molecule has 5 rings (SSSR count). The van der Waals surface area contributed by atoms with Crippen LogP contribution < -0.4 is 0 Å². The molecule has 0 aliphatic carbocycles. The highest BCUT2D eigenvalue weighted by molar-refractivity contribution is 5.84. The summed E-state index contributed by atoms with van der Waals surface area (Å²) in [5, 5.41) is 8.61. The molecule has 0 bridgehead atoms. The fourth-order valence-electron chi connectivity index (χ4n) is 3.90. The van der Waals surface area contributed by atoms with Crippen molar-refractivity contribution >= 4 is 10.9 Å². The second-order valence-electron chi connectivity index (χ2n) is 6.87. The highest BCUT2D eigenvalue weighted by Crippen LogP contribution is 2.29. The molecule has 2 N–H and O–H groups in total. The van der Waals surface area contributed by atoms with Gasteiger partial charge in [-0.3, -0.25) is 10.00 Å². The average Bonchev–Trinajstić information content (AvgIpc) is 3.27. The number of aromatic amines is 2. The molecule has 5 heteroatoms. The van der Waals surface area contributed by atoms with Crippen LogP contribution in [0.4, 0.5) is 4.39 Å². The summed E-state index contributed by atoms with van der Waals surface area (Å²) in [6.45, 7) is 2.75. The van der Waals surface area contributed by atoms with Gasteiger partial charge in [-0.1, -0.05) is 18.2 Å². The first-order valence-corrected chi connectivity index (χ1v) is 8.87. The Hall–Kier alpha value is -2.92. The first-order valence-electron chi connectivity index (χ1n) is 8.87. The van der Waals surface area contributed by atoms with E-state index in [2.05, 4.69) is 44.3 Å². The van der Waals surface area contributed by atoms with E-state index in [9.17, 15) is 4.39 Å². The fraction of sp³-hybridized carbons (Fsp3) is 0.190. The Kier molecular flexibility index (Phi) is 3.60. The standard InChI is InChI=1S/C21H19FN4/c22-16-7-5-14(6-8-16)21-15(11-23-25-21)12-26-10-9-20-18(13-26)17-3-1-2-4-19(17)24-20/h1-8,11,24H,9-10,12-13H2,(H,23,25). The third kappa shape index (κ3) is 2.61. The highest BCUT2D eigenvalue weighted by Gasteiger charge is 2.21. The number of rotatable bonds is 3. The Morgan fingerprint density at radius 1 is 1.08 bits per heavy atom. The number of aromatic nitrogens is 3. The number of halogens is 1. The third-order valence-corrected chi connectivity index (χ3v) is 5.21. The summed E-state index contributed by atoms with van der Waals surface area (Å²) in [6, 6.07) is 15.1. The van der Waals surface area contributed by atoms with Gasteiger partial charge in [-0.05, 0) is 35.9 Å². The third-order valence-electron chi connectivity index (χ3n) is 5.21. The second kappa shape index (κ2) is 6.11. The minimum absolute atomic E-state index is 0.224. The number of hydrogen-bond donors (Lipinski definition) is 2. The van der Waals surface area contributed by atoms with Crippen LogP contribution in [-0.2, 0) is 19.5 Å². The normalized spacial score (nSPS) is 14.7. The number of nitrogens with zero attached hydrogens (tertiary/aromatic N) is 2. The molecule has 3 heterocycles. The molecule has 0 fully saturated rings. The predicted octanol–water partition coefficient (Wildman–Crippen LogP) is 4.26. The average molecular weight is 346 g/mol. The van der Waals surface area contributed by atoms with Gasteiger partial charge < -0.3 is 4.98 Å². The lowest BCUT2D eigenvalue weighted by Crippen LogP contribution is -2.29. The van der Waals surface area contributed by atoms with E-state index >= 15 is 0 Å². The van der Waals surface area contributed by atoms with Gasteiger partial charge in [-0.15, -0.1) is 0 Å². The van der Waals surface area contributed by atoms with Crippen LogP contribution in [-0.4, -0.2) is 26.6 Å². The summed E-state index contributed by atoms with van der Waals surface area (Å²) in [5.74, 6) is -0.224. The molecular weight excluding hydrogens is 327 g/mol. The Labute approximate surface area is 150 Å². The van der Waals surface area contributed by atoms with Crippen LogP contribution in [0.15, 0.2) is 54.7 Å². The Balaban J connectivity index is 1.42.